The quantitative estimate of drug-likeness (QED) is 0.785. The highest BCUT2D eigenvalue weighted by molar-refractivity contribution is 5.73. The molecule has 0 saturated heterocycles. The Morgan fingerprint density at radius 1 is 1.42 bits per heavy atom. The molecular weight excluding hydrogens is 265 g/mol. The summed E-state index contributed by atoms with van der Waals surface area (Å²) in [5.74, 6) is -0.326. The van der Waals surface area contributed by atoms with E-state index in [1.54, 1.807) is 0 Å². The van der Waals surface area contributed by atoms with Crippen molar-refractivity contribution in [2.24, 2.45) is 0 Å². The van der Waals surface area contributed by atoms with Crippen LogP contribution in [0, 0.1) is 6.92 Å². The minimum atomic E-state index is -4.90. The van der Waals surface area contributed by atoms with Crippen molar-refractivity contribution >= 4 is 6.03 Å². The number of urea groups is 1. The van der Waals surface area contributed by atoms with Crippen LogP contribution in [0.2, 0.25) is 0 Å². The number of alkyl halides is 3. The van der Waals surface area contributed by atoms with Crippen LogP contribution in [0.4, 0.5) is 18.0 Å². The smallest absolute Gasteiger partial charge is 0.424 e. The van der Waals surface area contributed by atoms with Gasteiger partial charge in [-0.05, 0) is 19.1 Å². The number of furan rings is 1. The lowest BCUT2D eigenvalue weighted by Crippen LogP contribution is -2.45. The van der Waals surface area contributed by atoms with Crippen molar-refractivity contribution < 1.29 is 27.5 Å². The molecule has 0 saturated carbocycles. The number of hydrogen-bond acceptors (Lipinski definition) is 3. The lowest BCUT2D eigenvalue weighted by atomic mass is 9.96. The second-order valence-corrected chi connectivity index (χ2v) is 4.02. The highest BCUT2D eigenvalue weighted by Crippen LogP contribution is 2.41. The van der Waals surface area contributed by atoms with Crippen LogP contribution in [-0.2, 0) is 5.60 Å². The molecule has 0 spiro atoms. The van der Waals surface area contributed by atoms with E-state index in [0.717, 1.165) is 6.07 Å². The van der Waals surface area contributed by atoms with Gasteiger partial charge in [0.2, 0.25) is 5.60 Å². The fourth-order valence-electron chi connectivity index (χ4n) is 1.51. The molecule has 19 heavy (non-hydrogen) atoms. The van der Waals surface area contributed by atoms with Gasteiger partial charge in [-0.15, -0.1) is 0 Å². The van der Waals surface area contributed by atoms with Gasteiger partial charge in [-0.2, -0.15) is 13.2 Å². The van der Waals surface area contributed by atoms with E-state index >= 15 is 0 Å². The first-order chi connectivity index (χ1) is 8.70. The van der Waals surface area contributed by atoms with Crippen molar-refractivity contribution in [1.29, 1.82) is 0 Å². The molecule has 1 rings (SSSR count). The molecule has 8 heteroatoms. The Morgan fingerprint density at radius 2 is 2.05 bits per heavy atom. The van der Waals surface area contributed by atoms with Gasteiger partial charge in [0, 0.05) is 20.0 Å². The van der Waals surface area contributed by atoms with E-state index in [1.165, 1.54) is 20.0 Å². The number of carbonyl (C=O) groups is 1. The number of aryl methyl sites for hydroxylation is 1. The summed E-state index contributed by atoms with van der Waals surface area (Å²) in [7, 11) is 1.33. The van der Waals surface area contributed by atoms with Crippen LogP contribution in [0.3, 0.4) is 0 Å². The predicted molar refractivity (Wildman–Crippen MR) is 60.5 cm³/mol. The maximum absolute atomic E-state index is 13.0. The normalized spacial score (nSPS) is 14.8. The molecule has 1 atom stereocenters. The molecule has 0 radical (unpaired) electrons. The molecular formula is C11H15F3N2O3. The summed E-state index contributed by atoms with van der Waals surface area (Å²) in [6.07, 6.45) is -5.64. The molecule has 0 aromatic carbocycles. The van der Waals surface area contributed by atoms with Gasteiger partial charge >= 0.3 is 12.2 Å². The summed E-state index contributed by atoms with van der Waals surface area (Å²) in [6.45, 7) is 1.12. The van der Waals surface area contributed by atoms with Gasteiger partial charge in [0.25, 0.3) is 0 Å². The molecule has 1 heterocycles. The van der Waals surface area contributed by atoms with Crippen LogP contribution >= 0.6 is 0 Å². The number of nitrogens with one attached hydrogen (secondary N) is 2. The third kappa shape index (κ3) is 3.40. The molecule has 5 nitrogen and oxygen atoms in total. The van der Waals surface area contributed by atoms with Gasteiger partial charge < -0.3 is 20.2 Å². The Balaban J connectivity index is 2.86. The molecule has 0 fully saturated rings. The summed E-state index contributed by atoms with van der Waals surface area (Å²) in [4.78, 5) is 10.9. The zero-order chi connectivity index (χ0) is 14.7. The molecule has 0 aliphatic carbocycles. The van der Waals surface area contributed by atoms with Gasteiger partial charge in [-0.25, -0.2) is 4.79 Å². The Hall–Kier alpha value is -1.70. The Labute approximate surface area is 107 Å². The lowest BCUT2D eigenvalue weighted by Gasteiger charge is -2.28. The minimum Gasteiger partial charge on any atom is -0.463 e. The van der Waals surface area contributed by atoms with Gasteiger partial charge in [-0.3, -0.25) is 0 Å². The van der Waals surface area contributed by atoms with Gasteiger partial charge in [0.1, 0.15) is 11.5 Å². The van der Waals surface area contributed by atoms with E-state index in [1.807, 2.05) is 0 Å². The number of amides is 2. The van der Waals surface area contributed by atoms with E-state index in [-0.39, 0.29) is 12.3 Å². The first kappa shape index (κ1) is 15.4. The summed E-state index contributed by atoms with van der Waals surface area (Å²) < 4.78 is 43.8. The van der Waals surface area contributed by atoms with Crippen LogP contribution in [-0.4, -0.2) is 30.9 Å². The fraction of sp³-hybridized carbons (Fsp3) is 0.545. The lowest BCUT2D eigenvalue weighted by molar-refractivity contribution is -0.274. The number of carbonyl (C=O) groups excluding carboxylic acids is 1. The van der Waals surface area contributed by atoms with E-state index in [4.69, 9.17) is 4.42 Å². The van der Waals surface area contributed by atoms with Crippen molar-refractivity contribution in [1.82, 2.24) is 10.6 Å². The number of halogens is 3. The summed E-state index contributed by atoms with van der Waals surface area (Å²) in [6, 6.07) is 1.78. The fourth-order valence-corrected chi connectivity index (χ4v) is 1.51. The van der Waals surface area contributed by atoms with Crippen LogP contribution < -0.4 is 10.6 Å². The summed E-state index contributed by atoms with van der Waals surface area (Å²) in [5, 5.41) is 14.2. The van der Waals surface area contributed by atoms with E-state index in [2.05, 4.69) is 10.6 Å². The molecule has 3 N–H and O–H groups in total. The second-order valence-electron chi connectivity index (χ2n) is 4.02. The van der Waals surface area contributed by atoms with Crippen molar-refractivity contribution in [3.8, 4) is 0 Å². The maximum atomic E-state index is 13.0. The average Bonchev–Trinajstić information content (AvgIpc) is 2.74. The van der Waals surface area contributed by atoms with Crippen molar-refractivity contribution in [3.05, 3.63) is 23.7 Å². The van der Waals surface area contributed by atoms with Crippen LogP contribution in [0.5, 0.6) is 0 Å². The van der Waals surface area contributed by atoms with E-state index in [0.29, 0.717) is 0 Å². The first-order valence-corrected chi connectivity index (χ1v) is 5.52. The Morgan fingerprint density at radius 3 is 2.47 bits per heavy atom. The third-order valence-corrected chi connectivity index (χ3v) is 2.62. The maximum Gasteiger partial charge on any atom is 0.424 e. The molecule has 0 aliphatic heterocycles. The largest absolute Gasteiger partial charge is 0.463 e. The second kappa shape index (κ2) is 5.52. The van der Waals surface area contributed by atoms with Crippen molar-refractivity contribution in [2.45, 2.75) is 25.1 Å². The Bertz CT molecular complexity index is 445. The van der Waals surface area contributed by atoms with Crippen molar-refractivity contribution in [3.63, 3.8) is 0 Å². The first-order valence-electron chi connectivity index (χ1n) is 5.52. The minimum absolute atomic E-state index is 0.261. The van der Waals surface area contributed by atoms with Gasteiger partial charge in [0.15, 0.2) is 0 Å². The summed E-state index contributed by atoms with van der Waals surface area (Å²) >= 11 is 0. The highest BCUT2D eigenvalue weighted by atomic mass is 19.4. The standard InChI is InChI=1S/C11H15F3N2O3/c1-7-3-4-8(19-7)10(18,11(12,13)14)5-6-16-9(17)15-2/h3-4,18H,5-6H2,1-2H3,(H2,15,16,17). The average molecular weight is 280 g/mol. The van der Waals surface area contributed by atoms with E-state index < -0.39 is 30.0 Å². The van der Waals surface area contributed by atoms with E-state index in [9.17, 15) is 23.1 Å². The predicted octanol–water partition coefficient (Wildman–Crippen LogP) is 1.66. The summed E-state index contributed by atoms with van der Waals surface area (Å²) in [5.41, 5.74) is -3.12. The Kier molecular flexibility index (Phi) is 4.46. The molecule has 1 unspecified atom stereocenters. The SMILES string of the molecule is CNC(=O)NCCC(O)(c1ccc(C)o1)C(F)(F)F. The zero-order valence-corrected chi connectivity index (χ0v) is 10.5. The topological polar surface area (TPSA) is 74.5 Å². The molecule has 2 amide bonds. The zero-order valence-electron chi connectivity index (χ0n) is 10.5. The molecule has 108 valence electrons. The van der Waals surface area contributed by atoms with Crippen molar-refractivity contribution in [2.75, 3.05) is 13.6 Å². The third-order valence-electron chi connectivity index (χ3n) is 2.62. The molecule has 0 aliphatic rings. The molecule has 0 bridgehead atoms. The van der Waals surface area contributed by atoms with Gasteiger partial charge in [0.05, 0.1) is 0 Å². The monoisotopic (exact) mass is 280 g/mol. The molecule has 1 aromatic heterocycles. The number of aliphatic hydroxyl groups is 1. The number of rotatable bonds is 4. The van der Waals surface area contributed by atoms with Crippen LogP contribution in [0.1, 0.15) is 17.9 Å². The van der Waals surface area contributed by atoms with Crippen LogP contribution in [0.15, 0.2) is 16.5 Å². The van der Waals surface area contributed by atoms with Gasteiger partial charge in [-0.1, -0.05) is 0 Å². The highest BCUT2D eigenvalue weighted by Gasteiger charge is 2.56. The molecule has 1 aromatic rings. The number of hydrogen-bond donors (Lipinski definition) is 3. The van der Waals surface area contributed by atoms with Crippen LogP contribution in [0.25, 0.3) is 0 Å².